The predicted octanol–water partition coefficient (Wildman–Crippen LogP) is 3.27. The van der Waals surface area contributed by atoms with E-state index in [2.05, 4.69) is 22.6 Å². The Kier molecular flexibility index (Phi) is 4.46. The van der Waals surface area contributed by atoms with E-state index in [-0.39, 0.29) is 4.90 Å². The molecule has 0 fully saturated rings. The summed E-state index contributed by atoms with van der Waals surface area (Å²) in [6.07, 6.45) is 1.19. The Hall–Kier alpha value is -1.08. The molecule has 0 bridgehead atoms. The first kappa shape index (κ1) is 14.3. The van der Waals surface area contributed by atoms with Crippen LogP contribution in [0.1, 0.15) is 5.56 Å². The lowest BCUT2D eigenvalue weighted by Crippen LogP contribution is -1.99. The van der Waals surface area contributed by atoms with Gasteiger partial charge in [-0.2, -0.15) is 0 Å². The Morgan fingerprint density at radius 2 is 1.79 bits per heavy atom. The zero-order valence-corrected chi connectivity index (χ0v) is 13.3. The molecule has 2 aromatic rings. The van der Waals surface area contributed by atoms with Crippen molar-refractivity contribution in [1.29, 1.82) is 0 Å². The number of sulfone groups is 1. The van der Waals surface area contributed by atoms with Gasteiger partial charge in [0.15, 0.2) is 9.84 Å². The van der Waals surface area contributed by atoms with E-state index < -0.39 is 9.84 Å². The van der Waals surface area contributed by atoms with Crippen LogP contribution in [0.3, 0.4) is 0 Å². The van der Waals surface area contributed by atoms with Crippen molar-refractivity contribution in [2.45, 2.75) is 11.5 Å². The van der Waals surface area contributed by atoms with Crippen molar-refractivity contribution in [3.8, 4) is 5.75 Å². The van der Waals surface area contributed by atoms with E-state index >= 15 is 0 Å². The van der Waals surface area contributed by atoms with Crippen molar-refractivity contribution >= 4 is 32.4 Å². The zero-order chi connectivity index (χ0) is 13.9. The number of hydrogen-bond donors (Lipinski definition) is 0. The quantitative estimate of drug-likeness (QED) is 0.756. The van der Waals surface area contributed by atoms with Gasteiger partial charge in [-0.1, -0.05) is 18.2 Å². The predicted molar refractivity (Wildman–Crippen MR) is 83.0 cm³/mol. The highest BCUT2D eigenvalue weighted by Gasteiger charge is 2.07. The van der Waals surface area contributed by atoms with Crippen LogP contribution in [0.2, 0.25) is 0 Å². The Balaban J connectivity index is 2.10. The van der Waals surface area contributed by atoms with Crippen LogP contribution in [0.25, 0.3) is 0 Å². The molecule has 0 aromatic heterocycles. The number of ether oxygens (including phenoxy) is 1. The Bertz CT molecular complexity index is 663. The average molecular weight is 388 g/mol. The maximum atomic E-state index is 11.4. The second kappa shape index (κ2) is 5.92. The highest BCUT2D eigenvalue weighted by atomic mass is 127. The molecule has 0 spiro atoms. The number of hydrogen-bond acceptors (Lipinski definition) is 3. The highest BCUT2D eigenvalue weighted by Crippen LogP contribution is 2.18. The van der Waals surface area contributed by atoms with E-state index in [1.165, 1.54) is 9.83 Å². The summed E-state index contributed by atoms with van der Waals surface area (Å²) >= 11 is 2.24. The van der Waals surface area contributed by atoms with Crippen LogP contribution in [-0.4, -0.2) is 14.7 Å². The SMILES string of the molecule is CS(=O)(=O)c1cccc(OCc2ccc(I)cc2)c1. The van der Waals surface area contributed by atoms with Gasteiger partial charge in [0, 0.05) is 9.83 Å². The van der Waals surface area contributed by atoms with Gasteiger partial charge in [0.2, 0.25) is 0 Å². The Morgan fingerprint density at radius 3 is 2.42 bits per heavy atom. The number of halogens is 1. The molecule has 0 aliphatic carbocycles. The van der Waals surface area contributed by atoms with Gasteiger partial charge in [0.25, 0.3) is 0 Å². The van der Waals surface area contributed by atoms with Crippen molar-refractivity contribution in [1.82, 2.24) is 0 Å². The fourth-order valence-electron chi connectivity index (χ4n) is 1.54. The molecule has 0 aliphatic heterocycles. The van der Waals surface area contributed by atoms with Crippen LogP contribution in [0.15, 0.2) is 53.4 Å². The molecule has 0 saturated carbocycles. The van der Waals surface area contributed by atoms with E-state index in [9.17, 15) is 8.42 Å². The third-order valence-corrected chi connectivity index (χ3v) is 4.38. The van der Waals surface area contributed by atoms with Gasteiger partial charge in [0.05, 0.1) is 4.90 Å². The lowest BCUT2D eigenvalue weighted by Gasteiger charge is -2.07. The van der Waals surface area contributed by atoms with Gasteiger partial charge in [-0.25, -0.2) is 8.42 Å². The smallest absolute Gasteiger partial charge is 0.175 e. The summed E-state index contributed by atoms with van der Waals surface area (Å²) in [5, 5.41) is 0. The third-order valence-electron chi connectivity index (χ3n) is 2.55. The van der Waals surface area contributed by atoms with Crippen molar-refractivity contribution < 1.29 is 13.2 Å². The fraction of sp³-hybridized carbons (Fsp3) is 0.143. The van der Waals surface area contributed by atoms with Gasteiger partial charge in [0.1, 0.15) is 12.4 Å². The summed E-state index contributed by atoms with van der Waals surface area (Å²) in [4.78, 5) is 0.271. The van der Waals surface area contributed by atoms with E-state index in [4.69, 9.17) is 4.74 Å². The van der Waals surface area contributed by atoms with Crippen molar-refractivity contribution in [3.63, 3.8) is 0 Å². The average Bonchev–Trinajstić information content (AvgIpc) is 2.37. The topological polar surface area (TPSA) is 43.4 Å². The third kappa shape index (κ3) is 4.21. The zero-order valence-electron chi connectivity index (χ0n) is 10.3. The first-order valence-electron chi connectivity index (χ1n) is 5.62. The molecule has 100 valence electrons. The summed E-state index contributed by atoms with van der Waals surface area (Å²) in [6, 6.07) is 14.5. The molecular formula is C14H13IO3S. The molecule has 0 N–H and O–H groups in total. The minimum atomic E-state index is -3.19. The van der Waals surface area contributed by atoms with Gasteiger partial charge in [-0.15, -0.1) is 0 Å². The van der Waals surface area contributed by atoms with Gasteiger partial charge in [-0.3, -0.25) is 0 Å². The molecule has 3 nitrogen and oxygen atoms in total. The molecular weight excluding hydrogens is 375 g/mol. The molecule has 0 unspecified atom stereocenters. The van der Waals surface area contributed by atoms with Crippen LogP contribution in [-0.2, 0) is 16.4 Å². The van der Waals surface area contributed by atoms with E-state index in [0.717, 1.165) is 5.56 Å². The molecule has 0 radical (unpaired) electrons. The number of rotatable bonds is 4. The first-order chi connectivity index (χ1) is 8.95. The number of benzene rings is 2. The monoisotopic (exact) mass is 388 g/mol. The fourth-order valence-corrected chi connectivity index (χ4v) is 2.56. The van der Waals surface area contributed by atoms with Crippen LogP contribution in [0.5, 0.6) is 5.75 Å². The van der Waals surface area contributed by atoms with Crippen LogP contribution < -0.4 is 4.74 Å². The summed E-state index contributed by atoms with van der Waals surface area (Å²) in [6.45, 7) is 0.421. The second-order valence-corrected chi connectivity index (χ2v) is 7.42. The molecule has 5 heteroatoms. The highest BCUT2D eigenvalue weighted by molar-refractivity contribution is 14.1. The summed E-state index contributed by atoms with van der Waals surface area (Å²) in [5.41, 5.74) is 1.05. The van der Waals surface area contributed by atoms with Gasteiger partial charge in [-0.05, 0) is 58.5 Å². The molecule has 2 aromatic carbocycles. The summed E-state index contributed by atoms with van der Waals surface area (Å²) in [7, 11) is -3.19. The maximum Gasteiger partial charge on any atom is 0.175 e. The molecule has 0 heterocycles. The van der Waals surface area contributed by atoms with Crippen molar-refractivity contribution in [2.24, 2.45) is 0 Å². The van der Waals surface area contributed by atoms with Crippen molar-refractivity contribution in [3.05, 3.63) is 57.7 Å². The van der Waals surface area contributed by atoms with Crippen LogP contribution >= 0.6 is 22.6 Å². The lowest BCUT2D eigenvalue weighted by molar-refractivity contribution is 0.305. The minimum Gasteiger partial charge on any atom is -0.489 e. The minimum absolute atomic E-state index is 0.271. The maximum absolute atomic E-state index is 11.4. The first-order valence-corrected chi connectivity index (χ1v) is 8.59. The van der Waals surface area contributed by atoms with Gasteiger partial charge < -0.3 is 4.74 Å². The molecule has 0 atom stereocenters. The Morgan fingerprint density at radius 1 is 1.11 bits per heavy atom. The van der Waals surface area contributed by atoms with E-state index in [1.54, 1.807) is 24.3 Å². The van der Waals surface area contributed by atoms with E-state index in [0.29, 0.717) is 12.4 Å². The summed E-state index contributed by atoms with van der Waals surface area (Å²) in [5.74, 6) is 0.557. The van der Waals surface area contributed by atoms with E-state index in [1.807, 2.05) is 24.3 Å². The van der Waals surface area contributed by atoms with Crippen molar-refractivity contribution in [2.75, 3.05) is 6.26 Å². The normalized spacial score (nSPS) is 11.3. The molecule has 0 aliphatic rings. The van der Waals surface area contributed by atoms with Crippen LogP contribution in [0, 0.1) is 3.57 Å². The van der Waals surface area contributed by atoms with Gasteiger partial charge >= 0.3 is 0 Å². The Labute approximate surface area is 126 Å². The molecule has 2 rings (SSSR count). The molecule has 0 amide bonds. The largest absolute Gasteiger partial charge is 0.489 e. The lowest BCUT2D eigenvalue weighted by atomic mass is 10.2. The standard InChI is InChI=1S/C14H13IO3S/c1-19(16,17)14-4-2-3-13(9-14)18-10-11-5-7-12(15)8-6-11/h2-9H,10H2,1H3. The molecule has 19 heavy (non-hydrogen) atoms. The van der Waals surface area contributed by atoms with Crippen LogP contribution in [0.4, 0.5) is 0 Å². The second-order valence-electron chi connectivity index (χ2n) is 4.16. The summed E-state index contributed by atoms with van der Waals surface area (Å²) < 4.78 is 29.6. The molecule has 0 saturated heterocycles.